The summed E-state index contributed by atoms with van der Waals surface area (Å²) in [6, 6.07) is 1.83. The Morgan fingerprint density at radius 3 is 2.17 bits per heavy atom. The Hall–Kier alpha value is -4.70. The van der Waals surface area contributed by atoms with Crippen LogP contribution in [0.3, 0.4) is 0 Å². The average molecular weight is 577 g/mol. The second-order valence-electron chi connectivity index (χ2n) is 9.26. The van der Waals surface area contributed by atoms with Crippen LogP contribution in [0.4, 0.5) is 0 Å². The summed E-state index contributed by atoms with van der Waals surface area (Å²) in [4.78, 5) is 68.6. The predicted molar refractivity (Wildman–Crippen MR) is 147 cm³/mol. The minimum atomic E-state index is -1.53. The maximum absolute atomic E-state index is 13.4. The van der Waals surface area contributed by atoms with Gasteiger partial charge in [-0.15, -0.1) is 0 Å². The maximum Gasteiger partial charge on any atom is 0.326 e. The number of carbonyl (C=O) groups excluding carboxylic acids is 3. The molecule has 0 saturated carbocycles. The van der Waals surface area contributed by atoms with E-state index >= 15 is 0 Å². The molecule has 224 valence electrons. The van der Waals surface area contributed by atoms with Gasteiger partial charge in [0.05, 0.1) is 6.61 Å². The first-order valence-corrected chi connectivity index (χ1v) is 12.8. The van der Waals surface area contributed by atoms with Gasteiger partial charge in [-0.2, -0.15) is 0 Å². The van der Waals surface area contributed by atoms with Gasteiger partial charge in [-0.05, 0) is 30.9 Å². The van der Waals surface area contributed by atoms with Crippen LogP contribution in [0.1, 0.15) is 31.2 Å². The van der Waals surface area contributed by atoms with E-state index in [0.29, 0.717) is 5.56 Å². The fourth-order valence-corrected chi connectivity index (χ4v) is 3.93. The average Bonchev–Trinajstić information content (AvgIpc) is 3.33. The highest BCUT2D eigenvalue weighted by molar-refractivity contribution is 5.95. The highest BCUT2D eigenvalue weighted by Crippen LogP contribution is 2.19. The van der Waals surface area contributed by atoms with Gasteiger partial charge in [0.15, 0.2) is 5.96 Å². The van der Waals surface area contributed by atoms with Gasteiger partial charge in [-0.25, -0.2) is 4.79 Å². The highest BCUT2D eigenvalue weighted by Gasteiger charge is 2.31. The van der Waals surface area contributed by atoms with Crippen molar-refractivity contribution in [3.05, 3.63) is 36.0 Å². The number of aromatic nitrogens is 1. The van der Waals surface area contributed by atoms with Crippen LogP contribution in [0.25, 0.3) is 10.9 Å². The molecule has 3 amide bonds. The van der Waals surface area contributed by atoms with Crippen LogP contribution < -0.4 is 33.2 Å². The lowest BCUT2D eigenvalue weighted by molar-refractivity contribution is -0.143. The summed E-state index contributed by atoms with van der Waals surface area (Å²) >= 11 is 0. The van der Waals surface area contributed by atoms with E-state index < -0.39 is 66.9 Å². The molecule has 0 radical (unpaired) electrons. The molecule has 13 N–H and O–H groups in total. The number of hydrogen-bond acceptors (Lipinski definition) is 8. The standard InChI is InChI=1S/C25H36N8O8/c26-15(12-34)21(37)31-17(6-3-9-29-25(27)28)22(38)33-19(10-13-11-30-16-5-2-1-4-14(13)16)23(39)32-18(24(40)41)7-8-20(35)36/h1-2,4-5,11,15,17-19,30,34H,3,6-10,12,26H2,(H,31,37)(H,32,39)(H,33,38)(H,35,36)(H,40,41)(H4,27,28,29). The molecule has 16 nitrogen and oxygen atoms in total. The smallest absolute Gasteiger partial charge is 0.326 e. The van der Waals surface area contributed by atoms with E-state index in [1.54, 1.807) is 24.4 Å². The molecule has 4 unspecified atom stereocenters. The number of aliphatic hydroxyl groups excluding tert-OH is 1. The van der Waals surface area contributed by atoms with Gasteiger partial charge in [0.2, 0.25) is 17.7 Å². The molecule has 0 spiro atoms. The highest BCUT2D eigenvalue weighted by atomic mass is 16.4. The van der Waals surface area contributed by atoms with Crippen molar-refractivity contribution in [1.82, 2.24) is 20.9 Å². The Balaban J connectivity index is 2.32. The van der Waals surface area contributed by atoms with Gasteiger partial charge in [0.1, 0.15) is 24.2 Å². The van der Waals surface area contributed by atoms with E-state index in [4.69, 9.17) is 22.3 Å². The lowest BCUT2D eigenvalue weighted by Crippen LogP contribution is -2.58. The van der Waals surface area contributed by atoms with Crippen LogP contribution in [0, 0.1) is 0 Å². The Morgan fingerprint density at radius 2 is 1.54 bits per heavy atom. The number of aliphatic imine (C=N–C) groups is 1. The number of carboxylic acid groups (broad SMARTS) is 2. The minimum absolute atomic E-state index is 0.0320. The number of aliphatic hydroxyl groups is 1. The fourth-order valence-electron chi connectivity index (χ4n) is 3.93. The minimum Gasteiger partial charge on any atom is -0.481 e. The number of nitrogens with zero attached hydrogens (tertiary/aromatic N) is 1. The zero-order valence-corrected chi connectivity index (χ0v) is 22.2. The van der Waals surface area contributed by atoms with Gasteiger partial charge in [0.25, 0.3) is 0 Å². The van der Waals surface area contributed by atoms with Crippen molar-refractivity contribution in [1.29, 1.82) is 0 Å². The summed E-state index contributed by atoms with van der Waals surface area (Å²) in [5.41, 5.74) is 17.6. The molecule has 16 heteroatoms. The van der Waals surface area contributed by atoms with E-state index in [1.807, 2.05) is 6.07 Å². The number of hydrogen-bond donors (Lipinski definition) is 10. The quantitative estimate of drug-likeness (QED) is 0.0533. The number of para-hydroxylation sites is 1. The van der Waals surface area contributed by atoms with Crippen molar-refractivity contribution in [2.24, 2.45) is 22.2 Å². The van der Waals surface area contributed by atoms with Crippen molar-refractivity contribution < 1.29 is 39.3 Å². The van der Waals surface area contributed by atoms with E-state index in [1.165, 1.54) is 0 Å². The van der Waals surface area contributed by atoms with Gasteiger partial charge < -0.3 is 53.5 Å². The molecule has 1 aromatic heterocycles. The number of amides is 3. The Morgan fingerprint density at radius 1 is 0.902 bits per heavy atom. The number of benzene rings is 1. The lowest BCUT2D eigenvalue weighted by atomic mass is 10.0. The molecule has 0 aliphatic heterocycles. The first-order valence-electron chi connectivity index (χ1n) is 12.8. The number of H-pyrrole nitrogens is 1. The largest absolute Gasteiger partial charge is 0.481 e. The third kappa shape index (κ3) is 10.4. The van der Waals surface area contributed by atoms with Crippen LogP contribution in [-0.4, -0.2) is 93.2 Å². The summed E-state index contributed by atoms with van der Waals surface area (Å²) in [6.45, 7) is -0.538. The van der Waals surface area contributed by atoms with Crippen molar-refractivity contribution in [2.75, 3.05) is 13.2 Å². The second kappa shape index (κ2) is 15.8. The SMILES string of the molecule is NC(N)=NCCCC(NC(=O)C(N)CO)C(=O)NC(Cc1c[nH]c2ccccc12)C(=O)NC(CCC(=O)O)C(=O)O. The molecule has 41 heavy (non-hydrogen) atoms. The zero-order chi connectivity index (χ0) is 30.5. The molecule has 2 aromatic rings. The number of guanidine groups is 1. The number of aromatic amines is 1. The first-order chi connectivity index (χ1) is 19.4. The van der Waals surface area contributed by atoms with Crippen molar-refractivity contribution in [3.8, 4) is 0 Å². The van der Waals surface area contributed by atoms with Crippen LogP contribution in [0.5, 0.6) is 0 Å². The van der Waals surface area contributed by atoms with Crippen LogP contribution in [0.2, 0.25) is 0 Å². The molecule has 4 atom stereocenters. The van der Waals surface area contributed by atoms with E-state index in [9.17, 15) is 34.2 Å². The second-order valence-corrected chi connectivity index (χ2v) is 9.26. The molecule has 0 fully saturated rings. The zero-order valence-electron chi connectivity index (χ0n) is 22.2. The third-order valence-corrected chi connectivity index (χ3v) is 6.11. The lowest BCUT2D eigenvalue weighted by Gasteiger charge is -2.25. The number of carbonyl (C=O) groups is 5. The van der Waals surface area contributed by atoms with Crippen LogP contribution in [0.15, 0.2) is 35.5 Å². The topological polar surface area (TPSA) is 288 Å². The predicted octanol–water partition coefficient (Wildman–Crippen LogP) is -2.51. The monoisotopic (exact) mass is 576 g/mol. The van der Waals surface area contributed by atoms with Crippen LogP contribution in [-0.2, 0) is 30.4 Å². The van der Waals surface area contributed by atoms with Crippen molar-refractivity contribution >= 4 is 46.5 Å². The summed E-state index contributed by atoms with van der Waals surface area (Å²) in [7, 11) is 0. The number of rotatable bonds is 17. The number of aliphatic carboxylic acids is 2. The van der Waals surface area contributed by atoms with E-state index in [2.05, 4.69) is 25.9 Å². The Bertz CT molecular complexity index is 1260. The van der Waals surface area contributed by atoms with Gasteiger partial charge in [0, 0.05) is 36.5 Å². The van der Waals surface area contributed by atoms with E-state index in [-0.39, 0.29) is 38.2 Å². The Labute approximate surface area is 234 Å². The van der Waals surface area contributed by atoms with Crippen molar-refractivity contribution in [3.63, 3.8) is 0 Å². The van der Waals surface area contributed by atoms with Crippen LogP contribution >= 0.6 is 0 Å². The normalized spacial score (nSPS) is 13.8. The number of fused-ring (bicyclic) bond motifs is 1. The molecule has 0 aliphatic carbocycles. The van der Waals surface area contributed by atoms with E-state index in [0.717, 1.165) is 10.9 Å². The fraction of sp³-hybridized carbons (Fsp3) is 0.440. The molecular formula is C25H36N8O8. The molecule has 1 heterocycles. The summed E-state index contributed by atoms with van der Waals surface area (Å²) in [5, 5.41) is 35.7. The molecule has 0 saturated heterocycles. The first kappa shape index (κ1) is 32.5. The summed E-state index contributed by atoms with van der Waals surface area (Å²) in [6.07, 6.45) is 0.964. The summed E-state index contributed by atoms with van der Waals surface area (Å²) < 4.78 is 0. The van der Waals surface area contributed by atoms with Gasteiger partial charge >= 0.3 is 11.9 Å². The number of nitrogens with one attached hydrogen (secondary N) is 4. The van der Waals surface area contributed by atoms with Gasteiger partial charge in [-0.1, -0.05) is 18.2 Å². The third-order valence-electron chi connectivity index (χ3n) is 6.11. The number of nitrogens with two attached hydrogens (primary N) is 3. The maximum atomic E-state index is 13.4. The Kier molecular flexibility index (Phi) is 12.5. The van der Waals surface area contributed by atoms with Crippen molar-refractivity contribution in [2.45, 2.75) is 56.3 Å². The summed E-state index contributed by atoms with van der Waals surface area (Å²) in [5.74, 6) is -5.32. The molecule has 0 bridgehead atoms. The molecule has 0 aliphatic rings. The molecule has 1 aromatic carbocycles. The molecule has 2 rings (SSSR count). The number of carboxylic acids is 2. The molecular weight excluding hydrogens is 540 g/mol. The van der Waals surface area contributed by atoms with Gasteiger partial charge in [-0.3, -0.25) is 24.2 Å².